The summed E-state index contributed by atoms with van der Waals surface area (Å²) in [5, 5.41) is 0.558. The molecule has 4 nitrogen and oxygen atoms in total. The van der Waals surface area contributed by atoms with Crippen LogP contribution in [0.25, 0.3) is 10.9 Å². The molecule has 0 saturated carbocycles. The SMILES string of the molecule is CCc1ccc(Cn2cnc3ccc(N)cc3c2=O)cc1. The third kappa shape index (κ3) is 2.65. The van der Waals surface area contributed by atoms with Gasteiger partial charge in [-0.2, -0.15) is 0 Å². The summed E-state index contributed by atoms with van der Waals surface area (Å²) in [4.78, 5) is 16.8. The van der Waals surface area contributed by atoms with Crippen molar-refractivity contribution in [2.75, 3.05) is 5.73 Å². The van der Waals surface area contributed by atoms with Gasteiger partial charge in [-0.1, -0.05) is 31.2 Å². The highest BCUT2D eigenvalue weighted by molar-refractivity contribution is 5.80. The molecule has 21 heavy (non-hydrogen) atoms. The molecule has 0 bridgehead atoms. The first-order valence-corrected chi connectivity index (χ1v) is 7.00. The van der Waals surface area contributed by atoms with Crippen molar-refractivity contribution in [1.82, 2.24) is 9.55 Å². The van der Waals surface area contributed by atoms with Crippen molar-refractivity contribution in [2.24, 2.45) is 0 Å². The summed E-state index contributed by atoms with van der Waals surface area (Å²) in [6, 6.07) is 13.5. The quantitative estimate of drug-likeness (QED) is 0.750. The molecule has 0 saturated heterocycles. The molecule has 0 fully saturated rings. The Kier molecular flexibility index (Phi) is 3.44. The largest absolute Gasteiger partial charge is 0.399 e. The number of hydrogen-bond donors (Lipinski definition) is 1. The minimum atomic E-state index is -0.0631. The van der Waals surface area contributed by atoms with Crippen LogP contribution in [-0.4, -0.2) is 9.55 Å². The number of fused-ring (bicyclic) bond motifs is 1. The lowest BCUT2D eigenvalue weighted by atomic mass is 10.1. The van der Waals surface area contributed by atoms with E-state index in [0.717, 1.165) is 12.0 Å². The summed E-state index contributed by atoms with van der Waals surface area (Å²) in [6.07, 6.45) is 2.60. The van der Waals surface area contributed by atoms with E-state index in [2.05, 4.69) is 36.2 Å². The molecule has 0 amide bonds. The third-order valence-electron chi connectivity index (χ3n) is 3.63. The standard InChI is InChI=1S/C17H17N3O/c1-2-12-3-5-13(6-4-12)10-20-11-19-16-8-7-14(18)9-15(16)17(20)21/h3-9,11H,2,10,18H2,1H3. The highest BCUT2D eigenvalue weighted by Gasteiger charge is 2.05. The van der Waals surface area contributed by atoms with Crippen LogP contribution in [0.4, 0.5) is 5.69 Å². The van der Waals surface area contributed by atoms with Gasteiger partial charge in [0, 0.05) is 5.69 Å². The molecule has 4 heteroatoms. The Balaban J connectivity index is 2.00. The number of anilines is 1. The minimum Gasteiger partial charge on any atom is -0.399 e. The van der Waals surface area contributed by atoms with Crippen LogP contribution in [0.15, 0.2) is 53.6 Å². The maximum absolute atomic E-state index is 12.5. The number of rotatable bonds is 3. The van der Waals surface area contributed by atoms with Crippen molar-refractivity contribution in [2.45, 2.75) is 19.9 Å². The van der Waals surface area contributed by atoms with E-state index in [1.165, 1.54) is 5.56 Å². The van der Waals surface area contributed by atoms with Crippen molar-refractivity contribution in [3.05, 3.63) is 70.3 Å². The number of nitrogens with zero attached hydrogens (tertiary/aromatic N) is 2. The lowest BCUT2D eigenvalue weighted by Gasteiger charge is -2.08. The van der Waals surface area contributed by atoms with E-state index in [9.17, 15) is 4.79 Å². The normalized spacial score (nSPS) is 10.9. The maximum Gasteiger partial charge on any atom is 0.261 e. The summed E-state index contributed by atoms with van der Waals surface area (Å²) in [7, 11) is 0. The molecule has 0 aliphatic rings. The molecule has 1 aromatic heterocycles. The van der Waals surface area contributed by atoms with Crippen molar-refractivity contribution in [3.63, 3.8) is 0 Å². The zero-order valence-corrected chi connectivity index (χ0v) is 11.9. The summed E-state index contributed by atoms with van der Waals surface area (Å²) in [5.74, 6) is 0. The molecule has 0 unspecified atom stereocenters. The van der Waals surface area contributed by atoms with E-state index in [0.29, 0.717) is 23.1 Å². The molecule has 2 aromatic carbocycles. The van der Waals surface area contributed by atoms with Crippen molar-refractivity contribution in [3.8, 4) is 0 Å². The van der Waals surface area contributed by atoms with Crippen LogP contribution in [-0.2, 0) is 13.0 Å². The Bertz CT molecular complexity index is 835. The smallest absolute Gasteiger partial charge is 0.261 e. The number of aryl methyl sites for hydroxylation is 1. The minimum absolute atomic E-state index is 0.0631. The van der Waals surface area contributed by atoms with Crippen LogP contribution in [0.1, 0.15) is 18.1 Å². The number of hydrogen-bond acceptors (Lipinski definition) is 3. The van der Waals surface area contributed by atoms with Crippen molar-refractivity contribution >= 4 is 16.6 Å². The average molecular weight is 279 g/mol. The molecule has 1 heterocycles. The Labute approximate surface area is 122 Å². The Hall–Kier alpha value is -2.62. The molecule has 3 rings (SSSR count). The lowest BCUT2D eigenvalue weighted by molar-refractivity contribution is 0.748. The average Bonchev–Trinajstić information content (AvgIpc) is 2.51. The third-order valence-corrected chi connectivity index (χ3v) is 3.63. The summed E-state index contributed by atoms with van der Waals surface area (Å²) in [5.41, 5.74) is 9.31. The van der Waals surface area contributed by atoms with Gasteiger partial charge in [-0.25, -0.2) is 4.98 Å². The molecular formula is C17H17N3O. The van der Waals surface area contributed by atoms with Crippen LogP contribution < -0.4 is 11.3 Å². The molecule has 3 aromatic rings. The van der Waals surface area contributed by atoms with Crippen LogP contribution in [0, 0.1) is 0 Å². The van der Waals surface area contributed by atoms with E-state index < -0.39 is 0 Å². The number of aromatic nitrogens is 2. The second-order valence-electron chi connectivity index (χ2n) is 5.12. The zero-order chi connectivity index (χ0) is 14.8. The maximum atomic E-state index is 12.5. The van der Waals surface area contributed by atoms with Gasteiger partial charge in [-0.3, -0.25) is 9.36 Å². The van der Waals surface area contributed by atoms with Gasteiger partial charge in [0.25, 0.3) is 5.56 Å². The van der Waals surface area contributed by atoms with Gasteiger partial charge in [0.05, 0.1) is 23.8 Å². The van der Waals surface area contributed by atoms with Crippen LogP contribution in [0.2, 0.25) is 0 Å². The molecule has 0 aliphatic carbocycles. The van der Waals surface area contributed by atoms with Gasteiger partial charge in [0.15, 0.2) is 0 Å². The van der Waals surface area contributed by atoms with Gasteiger partial charge in [-0.15, -0.1) is 0 Å². The fourth-order valence-electron chi connectivity index (χ4n) is 2.37. The second kappa shape index (κ2) is 5.40. The Morgan fingerprint density at radius 1 is 1.10 bits per heavy atom. The topological polar surface area (TPSA) is 60.9 Å². The van der Waals surface area contributed by atoms with Gasteiger partial charge in [-0.05, 0) is 35.7 Å². The van der Waals surface area contributed by atoms with Gasteiger partial charge < -0.3 is 5.73 Å². The first-order chi connectivity index (χ1) is 10.2. The first kappa shape index (κ1) is 13.4. The molecular weight excluding hydrogens is 262 g/mol. The monoisotopic (exact) mass is 279 g/mol. The van der Waals surface area contributed by atoms with Crippen LogP contribution >= 0.6 is 0 Å². The summed E-state index contributed by atoms with van der Waals surface area (Å²) >= 11 is 0. The first-order valence-electron chi connectivity index (χ1n) is 7.00. The number of nitrogen functional groups attached to an aromatic ring is 1. The Morgan fingerprint density at radius 2 is 1.81 bits per heavy atom. The van der Waals surface area contributed by atoms with Crippen LogP contribution in [0.3, 0.4) is 0 Å². The Morgan fingerprint density at radius 3 is 2.52 bits per heavy atom. The predicted molar refractivity (Wildman–Crippen MR) is 85.3 cm³/mol. The molecule has 0 radical (unpaired) electrons. The van der Waals surface area contributed by atoms with Crippen molar-refractivity contribution in [1.29, 1.82) is 0 Å². The highest BCUT2D eigenvalue weighted by atomic mass is 16.1. The van der Waals surface area contributed by atoms with Gasteiger partial charge in [0.2, 0.25) is 0 Å². The van der Waals surface area contributed by atoms with E-state index in [1.807, 2.05) is 0 Å². The summed E-state index contributed by atoms with van der Waals surface area (Å²) < 4.78 is 1.61. The lowest BCUT2D eigenvalue weighted by Crippen LogP contribution is -2.21. The predicted octanol–water partition coefficient (Wildman–Crippen LogP) is 2.59. The van der Waals surface area contributed by atoms with Gasteiger partial charge >= 0.3 is 0 Å². The number of nitrogens with two attached hydrogens (primary N) is 1. The second-order valence-corrected chi connectivity index (χ2v) is 5.12. The zero-order valence-electron chi connectivity index (χ0n) is 11.9. The summed E-state index contributed by atoms with van der Waals surface area (Å²) in [6.45, 7) is 2.64. The van der Waals surface area contributed by atoms with E-state index >= 15 is 0 Å². The van der Waals surface area contributed by atoms with E-state index in [1.54, 1.807) is 29.1 Å². The molecule has 0 aliphatic heterocycles. The molecule has 2 N–H and O–H groups in total. The fraction of sp³-hybridized carbons (Fsp3) is 0.176. The van der Waals surface area contributed by atoms with Crippen molar-refractivity contribution < 1.29 is 0 Å². The highest BCUT2D eigenvalue weighted by Crippen LogP contribution is 2.12. The van der Waals surface area contributed by atoms with Crippen LogP contribution in [0.5, 0.6) is 0 Å². The molecule has 0 atom stereocenters. The molecule has 0 spiro atoms. The number of benzene rings is 2. The fourth-order valence-corrected chi connectivity index (χ4v) is 2.37. The molecule has 106 valence electrons. The van der Waals surface area contributed by atoms with Gasteiger partial charge in [0.1, 0.15) is 0 Å². The van der Waals surface area contributed by atoms with E-state index in [-0.39, 0.29) is 5.56 Å². The van der Waals surface area contributed by atoms with E-state index in [4.69, 9.17) is 5.73 Å².